The molecule has 1 N–H and O–H groups in total. The van der Waals surface area contributed by atoms with Gasteiger partial charge >= 0.3 is 0 Å². The van der Waals surface area contributed by atoms with Crippen LogP contribution in [0.5, 0.6) is 0 Å². The zero-order chi connectivity index (χ0) is 9.84. The molecule has 0 fully saturated rings. The van der Waals surface area contributed by atoms with Crippen LogP contribution < -0.4 is 5.48 Å². The Hall–Kier alpha value is -1.31. The van der Waals surface area contributed by atoms with E-state index in [0.717, 1.165) is 11.3 Å². The predicted molar refractivity (Wildman–Crippen MR) is 48.7 cm³/mol. The quantitative estimate of drug-likeness (QED) is 0.700. The number of nitrogens with one attached hydrogen (secondary N) is 1. The summed E-state index contributed by atoms with van der Waals surface area (Å²) in [5.41, 5.74) is 5.59. The molecule has 0 saturated carbocycles. The van der Waals surface area contributed by atoms with Gasteiger partial charge < -0.3 is 9.40 Å². The summed E-state index contributed by atoms with van der Waals surface area (Å²) < 4.78 is 1.87. The van der Waals surface area contributed by atoms with Crippen LogP contribution in [0.4, 0.5) is 0 Å². The van der Waals surface area contributed by atoms with E-state index in [4.69, 9.17) is 10.1 Å². The first-order chi connectivity index (χ1) is 6.20. The minimum atomic E-state index is 0.623. The van der Waals surface area contributed by atoms with Gasteiger partial charge in [-0.05, 0) is 18.6 Å². The third kappa shape index (κ3) is 1.89. The van der Waals surface area contributed by atoms with Crippen molar-refractivity contribution in [3.8, 4) is 6.07 Å². The Balaban J connectivity index is 2.91. The maximum Gasteiger partial charge on any atom is 0.120 e. The first-order valence-electron chi connectivity index (χ1n) is 4.01. The van der Waals surface area contributed by atoms with Gasteiger partial charge in [0.2, 0.25) is 0 Å². The molecule has 4 nitrogen and oxygen atoms in total. The Kier molecular flexibility index (Phi) is 3.07. The Bertz CT molecular complexity index is 335. The molecule has 0 aliphatic carbocycles. The maximum absolute atomic E-state index is 8.76. The molecule has 0 aliphatic rings. The molecule has 0 radical (unpaired) electrons. The van der Waals surface area contributed by atoms with E-state index in [1.807, 2.05) is 24.6 Å². The van der Waals surface area contributed by atoms with Crippen LogP contribution in [-0.4, -0.2) is 11.7 Å². The summed E-state index contributed by atoms with van der Waals surface area (Å²) in [6.45, 7) is 2.60. The molecule has 1 rings (SSSR count). The number of rotatable bonds is 3. The van der Waals surface area contributed by atoms with Gasteiger partial charge in [-0.15, -0.1) is 0 Å². The zero-order valence-corrected chi connectivity index (χ0v) is 8.09. The molecule has 0 amide bonds. The van der Waals surface area contributed by atoms with Gasteiger partial charge in [0, 0.05) is 19.3 Å². The van der Waals surface area contributed by atoms with Crippen LogP contribution in [0.25, 0.3) is 0 Å². The lowest BCUT2D eigenvalue weighted by atomic mass is 10.2. The van der Waals surface area contributed by atoms with Gasteiger partial charge in [0.05, 0.1) is 7.11 Å². The minimum absolute atomic E-state index is 0.623. The number of hydrogen-bond donors (Lipinski definition) is 1. The largest absolute Gasteiger partial charge is 0.340 e. The highest BCUT2D eigenvalue weighted by atomic mass is 16.6. The van der Waals surface area contributed by atoms with Crippen molar-refractivity contribution in [3.63, 3.8) is 0 Å². The molecule has 1 aromatic rings. The van der Waals surface area contributed by atoms with E-state index in [-0.39, 0.29) is 0 Å². The monoisotopic (exact) mass is 179 g/mol. The third-order valence-corrected chi connectivity index (χ3v) is 2.16. The lowest BCUT2D eigenvalue weighted by Gasteiger charge is -2.02. The fourth-order valence-corrected chi connectivity index (χ4v) is 1.20. The lowest BCUT2D eigenvalue weighted by Crippen LogP contribution is -2.11. The van der Waals surface area contributed by atoms with Gasteiger partial charge in [0.25, 0.3) is 0 Å². The average Bonchev–Trinajstić information content (AvgIpc) is 2.41. The smallest absolute Gasteiger partial charge is 0.120 e. The van der Waals surface area contributed by atoms with E-state index < -0.39 is 0 Å². The fraction of sp³-hybridized carbons (Fsp3) is 0.444. The normalized spacial score (nSPS) is 10.0. The van der Waals surface area contributed by atoms with Gasteiger partial charge in [-0.2, -0.15) is 10.7 Å². The molecule has 1 heterocycles. The molecule has 0 saturated heterocycles. The number of hydroxylamine groups is 1. The van der Waals surface area contributed by atoms with Gasteiger partial charge in [-0.3, -0.25) is 0 Å². The van der Waals surface area contributed by atoms with Crippen molar-refractivity contribution in [3.05, 3.63) is 23.0 Å². The van der Waals surface area contributed by atoms with Crippen LogP contribution in [-0.2, 0) is 18.4 Å². The number of aromatic nitrogens is 1. The summed E-state index contributed by atoms with van der Waals surface area (Å²) in [7, 11) is 3.45. The SMILES string of the molecule is CONCc1cc(C#N)n(C)c1C. The molecule has 0 atom stereocenters. The molecular formula is C9H13N3O. The first-order valence-corrected chi connectivity index (χ1v) is 4.01. The molecule has 0 aliphatic heterocycles. The van der Waals surface area contributed by atoms with Gasteiger partial charge in [-0.25, -0.2) is 0 Å². The molecular weight excluding hydrogens is 166 g/mol. The van der Waals surface area contributed by atoms with E-state index in [1.165, 1.54) is 0 Å². The Morgan fingerprint density at radius 1 is 1.69 bits per heavy atom. The summed E-state index contributed by atoms with van der Waals surface area (Å²) in [6, 6.07) is 3.99. The van der Waals surface area contributed by atoms with Gasteiger partial charge in [-0.1, -0.05) is 0 Å². The minimum Gasteiger partial charge on any atom is -0.340 e. The molecule has 0 unspecified atom stereocenters. The van der Waals surface area contributed by atoms with Crippen molar-refractivity contribution in [1.29, 1.82) is 5.26 Å². The molecule has 0 spiro atoms. The maximum atomic E-state index is 8.76. The van der Waals surface area contributed by atoms with E-state index in [0.29, 0.717) is 12.2 Å². The molecule has 0 aromatic carbocycles. The second-order valence-electron chi connectivity index (χ2n) is 2.84. The molecule has 0 bridgehead atoms. The molecule has 1 aromatic heterocycles. The highest BCUT2D eigenvalue weighted by Crippen LogP contribution is 2.12. The van der Waals surface area contributed by atoms with Crippen molar-refractivity contribution in [2.75, 3.05) is 7.11 Å². The van der Waals surface area contributed by atoms with Crippen LogP contribution in [0.1, 0.15) is 17.0 Å². The van der Waals surface area contributed by atoms with Crippen molar-refractivity contribution < 1.29 is 4.84 Å². The molecule has 70 valence electrons. The summed E-state index contributed by atoms with van der Waals surface area (Å²) in [5, 5.41) is 8.76. The Labute approximate surface area is 77.7 Å². The van der Waals surface area contributed by atoms with Gasteiger partial charge in [0.1, 0.15) is 11.8 Å². The van der Waals surface area contributed by atoms with Crippen molar-refractivity contribution in [2.45, 2.75) is 13.5 Å². The second-order valence-corrected chi connectivity index (χ2v) is 2.84. The fourth-order valence-electron chi connectivity index (χ4n) is 1.20. The van der Waals surface area contributed by atoms with Crippen LogP contribution in [0.15, 0.2) is 6.07 Å². The highest BCUT2D eigenvalue weighted by molar-refractivity contribution is 5.33. The summed E-state index contributed by atoms with van der Waals surface area (Å²) in [4.78, 5) is 4.74. The topological polar surface area (TPSA) is 50.0 Å². The van der Waals surface area contributed by atoms with Gasteiger partial charge in [0.15, 0.2) is 0 Å². The van der Waals surface area contributed by atoms with E-state index >= 15 is 0 Å². The Morgan fingerprint density at radius 2 is 2.38 bits per heavy atom. The van der Waals surface area contributed by atoms with E-state index in [1.54, 1.807) is 7.11 Å². The van der Waals surface area contributed by atoms with Crippen LogP contribution in [0.3, 0.4) is 0 Å². The predicted octanol–water partition coefficient (Wildman–Crippen LogP) is 0.856. The van der Waals surface area contributed by atoms with Crippen molar-refractivity contribution in [1.82, 2.24) is 10.0 Å². The summed E-state index contributed by atoms with van der Waals surface area (Å²) in [6.07, 6.45) is 0. The summed E-state index contributed by atoms with van der Waals surface area (Å²) >= 11 is 0. The van der Waals surface area contributed by atoms with Crippen molar-refractivity contribution >= 4 is 0 Å². The summed E-state index contributed by atoms with van der Waals surface area (Å²) in [5.74, 6) is 0. The molecule has 4 heteroatoms. The van der Waals surface area contributed by atoms with Crippen molar-refractivity contribution in [2.24, 2.45) is 7.05 Å². The lowest BCUT2D eigenvalue weighted by molar-refractivity contribution is 0.0866. The first kappa shape index (κ1) is 9.78. The Morgan fingerprint density at radius 3 is 2.85 bits per heavy atom. The van der Waals surface area contributed by atoms with Crippen LogP contribution in [0.2, 0.25) is 0 Å². The average molecular weight is 179 g/mol. The van der Waals surface area contributed by atoms with Crippen LogP contribution >= 0.6 is 0 Å². The second kappa shape index (κ2) is 4.08. The standard InChI is InChI=1S/C9H13N3O/c1-7-8(6-11-13-3)4-9(5-10)12(7)2/h4,11H,6H2,1-3H3. The van der Waals surface area contributed by atoms with E-state index in [9.17, 15) is 0 Å². The van der Waals surface area contributed by atoms with E-state index in [2.05, 4.69) is 11.5 Å². The number of hydrogen-bond acceptors (Lipinski definition) is 3. The number of nitrogens with zero attached hydrogens (tertiary/aromatic N) is 2. The zero-order valence-electron chi connectivity index (χ0n) is 8.09. The number of nitriles is 1. The third-order valence-electron chi connectivity index (χ3n) is 2.16. The van der Waals surface area contributed by atoms with Crippen LogP contribution in [0, 0.1) is 18.3 Å². The molecule has 13 heavy (non-hydrogen) atoms. The highest BCUT2D eigenvalue weighted by Gasteiger charge is 2.07.